The lowest BCUT2D eigenvalue weighted by molar-refractivity contribution is -0.142. The number of carbonyl (C=O) groups is 1. The van der Waals surface area contributed by atoms with Gasteiger partial charge < -0.3 is 15.5 Å². The Kier molecular flexibility index (Phi) is 8.39. The van der Waals surface area contributed by atoms with Gasteiger partial charge in [-0.3, -0.25) is 4.79 Å². The number of piperidine rings is 1. The molecule has 1 saturated carbocycles. The molecule has 7 heteroatoms. The Labute approximate surface area is 230 Å². The molecule has 4 atom stereocenters. The Bertz CT molecular complexity index is 1130. The second-order valence-electron chi connectivity index (χ2n) is 12.1. The van der Waals surface area contributed by atoms with Gasteiger partial charge in [-0.05, 0) is 67.3 Å². The van der Waals surface area contributed by atoms with Crippen molar-refractivity contribution in [3.63, 3.8) is 0 Å². The van der Waals surface area contributed by atoms with Gasteiger partial charge in [0.1, 0.15) is 0 Å². The molecule has 3 fully saturated rings. The van der Waals surface area contributed by atoms with Gasteiger partial charge in [0.15, 0.2) is 0 Å². The zero-order chi connectivity index (χ0) is 27.6. The fraction of sp³-hybridized carbons (Fsp3) is 0.594. The molecule has 2 aromatic rings. The van der Waals surface area contributed by atoms with E-state index in [1.807, 2.05) is 13.0 Å². The first-order valence-electron chi connectivity index (χ1n) is 14.6. The molecule has 1 aliphatic carbocycles. The third kappa shape index (κ3) is 5.62. The molecule has 0 aromatic heterocycles. The summed E-state index contributed by atoms with van der Waals surface area (Å²) in [7, 11) is 1.67. The van der Waals surface area contributed by atoms with Crippen molar-refractivity contribution in [1.82, 2.24) is 15.5 Å². The van der Waals surface area contributed by atoms with Crippen LogP contribution in [0, 0.1) is 11.8 Å². The number of rotatable bonds is 6. The fourth-order valence-electron chi connectivity index (χ4n) is 7.69. The predicted octanol–water partition coefficient (Wildman–Crippen LogP) is 6.26. The number of nitrogens with one attached hydrogen (secondary N) is 2. The van der Waals surface area contributed by atoms with Crippen LogP contribution in [0.15, 0.2) is 48.5 Å². The average Bonchev–Trinajstić information content (AvgIpc) is 3.35. The van der Waals surface area contributed by atoms with E-state index in [1.54, 1.807) is 13.1 Å². The second-order valence-corrected chi connectivity index (χ2v) is 12.1. The summed E-state index contributed by atoms with van der Waals surface area (Å²) < 4.78 is 42.1. The zero-order valence-corrected chi connectivity index (χ0v) is 23.2. The first kappa shape index (κ1) is 28.2. The van der Waals surface area contributed by atoms with Crippen molar-refractivity contribution in [3.05, 3.63) is 70.8 Å². The summed E-state index contributed by atoms with van der Waals surface area (Å²) in [6.45, 7) is 3.76. The molecule has 0 bridgehead atoms. The molecule has 1 amide bonds. The molecule has 2 aromatic carbocycles. The van der Waals surface area contributed by atoms with Crippen molar-refractivity contribution >= 4 is 5.91 Å². The fourth-order valence-corrected chi connectivity index (χ4v) is 7.69. The maximum absolute atomic E-state index is 14.5. The Hall–Kier alpha value is -2.38. The molecule has 2 saturated heterocycles. The predicted molar refractivity (Wildman–Crippen MR) is 148 cm³/mol. The lowest BCUT2D eigenvalue weighted by atomic mass is 9.70. The summed E-state index contributed by atoms with van der Waals surface area (Å²) in [4.78, 5) is 16.6. The molecule has 2 aliphatic heterocycles. The van der Waals surface area contributed by atoms with Crippen LogP contribution < -0.4 is 10.6 Å². The highest BCUT2D eigenvalue weighted by Gasteiger charge is 2.50. The van der Waals surface area contributed by atoms with E-state index >= 15 is 0 Å². The first-order chi connectivity index (χ1) is 18.7. The standard InChI is InChI=1S/C32H42F3N3O/c1-31(26-14-9-15-27(32(33,34)35)25(26)19-36-2)21-37-20-28(31)30(39)38-17-16-24(22-10-5-3-6-11-22)18-29(38)23-12-7-4-8-13-23/h3,5-6,9-11,14-15,23-24,28-29,36-37H,4,7-8,12-13,16-21H2,1-2H3. The van der Waals surface area contributed by atoms with Gasteiger partial charge in [-0.1, -0.05) is 68.7 Å². The van der Waals surface area contributed by atoms with Crippen LogP contribution in [0.4, 0.5) is 13.2 Å². The van der Waals surface area contributed by atoms with Crippen molar-refractivity contribution in [2.45, 2.75) is 82.0 Å². The van der Waals surface area contributed by atoms with E-state index in [4.69, 9.17) is 0 Å². The summed E-state index contributed by atoms with van der Waals surface area (Å²) in [5.41, 5.74) is 0.889. The highest BCUT2D eigenvalue weighted by molar-refractivity contribution is 5.82. The van der Waals surface area contributed by atoms with Crippen LogP contribution in [-0.4, -0.2) is 43.5 Å². The number of nitrogens with zero attached hydrogens (tertiary/aromatic N) is 1. The molecule has 2 N–H and O–H groups in total. The van der Waals surface area contributed by atoms with Crippen molar-refractivity contribution in [1.29, 1.82) is 0 Å². The van der Waals surface area contributed by atoms with Crippen molar-refractivity contribution in [2.75, 3.05) is 26.7 Å². The highest BCUT2D eigenvalue weighted by Crippen LogP contribution is 2.45. The SMILES string of the molecule is CNCc1c(C(F)(F)F)cccc1C1(C)CNCC1C(=O)N1CCC(c2ccccc2)CC1C1CCCCC1. The normalized spacial score (nSPS) is 28.5. The smallest absolute Gasteiger partial charge is 0.339 e. The number of benzene rings is 2. The molecule has 0 spiro atoms. The molecule has 212 valence electrons. The summed E-state index contributed by atoms with van der Waals surface area (Å²) in [5.74, 6) is 0.623. The van der Waals surface area contributed by atoms with Crippen LogP contribution in [0.5, 0.6) is 0 Å². The zero-order valence-electron chi connectivity index (χ0n) is 23.2. The van der Waals surface area contributed by atoms with Crippen molar-refractivity contribution in [2.24, 2.45) is 11.8 Å². The maximum Gasteiger partial charge on any atom is 0.416 e. The van der Waals surface area contributed by atoms with Crippen LogP contribution >= 0.6 is 0 Å². The third-order valence-electron chi connectivity index (χ3n) is 9.75. The minimum Gasteiger partial charge on any atom is -0.339 e. The minimum atomic E-state index is -4.45. The van der Waals surface area contributed by atoms with E-state index in [0.717, 1.165) is 31.7 Å². The number of halogens is 3. The lowest BCUT2D eigenvalue weighted by Crippen LogP contribution is -2.54. The number of carbonyl (C=O) groups excluding carboxylic acids is 1. The Morgan fingerprint density at radius 3 is 2.49 bits per heavy atom. The van der Waals surface area contributed by atoms with Gasteiger partial charge >= 0.3 is 6.18 Å². The molecule has 3 aliphatic rings. The molecule has 4 unspecified atom stereocenters. The third-order valence-corrected chi connectivity index (χ3v) is 9.75. The number of alkyl halides is 3. The van der Waals surface area contributed by atoms with Gasteiger partial charge in [-0.2, -0.15) is 13.2 Å². The Balaban J connectivity index is 1.47. The average molecular weight is 542 g/mol. The van der Waals surface area contributed by atoms with Crippen molar-refractivity contribution < 1.29 is 18.0 Å². The lowest BCUT2D eigenvalue weighted by Gasteiger charge is -2.47. The summed E-state index contributed by atoms with van der Waals surface area (Å²) >= 11 is 0. The van der Waals surface area contributed by atoms with Gasteiger partial charge in [0.25, 0.3) is 0 Å². The van der Waals surface area contributed by atoms with Gasteiger partial charge in [-0.25, -0.2) is 0 Å². The van der Waals surface area contributed by atoms with Crippen molar-refractivity contribution in [3.8, 4) is 0 Å². The minimum absolute atomic E-state index is 0.106. The van der Waals surface area contributed by atoms with E-state index in [-0.39, 0.29) is 24.1 Å². The van der Waals surface area contributed by atoms with Gasteiger partial charge in [0.05, 0.1) is 11.5 Å². The van der Waals surface area contributed by atoms with Crippen LogP contribution in [-0.2, 0) is 22.9 Å². The van der Waals surface area contributed by atoms with Crippen LogP contribution in [0.2, 0.25) is 0 Å². The molecule has 2 heterocycles. The topological polar surface area (TPSA) is 44.4 Å². The van der Waals surface area contributed by atoms with Gasteiger partial charge in [0, 0.05) is 37.6 Å². The van der Waals surface area contributed by atoms with E-state index < -0.39 is 23.1 Å². The molecule has 0 radical (unpaired) electrons. The van der Waals surface area contributed by atoms with Gasteiger partial charge in [-0.15, -0.1) is 0 Å². The van der Waals surface area contributed by atoms with Crippen LogP contribution in [0.1, 0.15) is 80.0 Å². The number of hydrogen-bond acceptors (Lipinski definition) is 3. The second kappa shape index (κ2) is 11.6. The highest BCUT2D eigenvalue weighted by atomic mass is 19.4. The molecular weight excluding hydrogens is 499 g/mol. The summed E-state index contributed by atoms with van der Waals surface area (Å²) in [6, 6.07) is 15.3. The molecule has 39 heavy (non-hydrogen) atoms. The van der Waals surface area contributed by atoms with E-state index in [2.05, 4.69) is 39.8 Å². The monoisotopic (exact) mass is 541 g/mol. The summed E-state index contributed by atoms with van der Waals surface area (Å²) in [5, 5.41) is 6.33. The van der Waals surface area contributed by atoms with Crippen LogP contribution in [0.25, 0.3) is 0 Å². The van der Waals surface area contributed by atoms with E-state index in [1.165, 1.54) is 30.9 Å². The maximum atomic E-state index is 14.5. The molecule has 4 nitrogen and oxygen atoms in total. The van der Waals surface area contributed by atoms with Gasteiger partial charge in [0.2, 0.25) is 5.91 Å². The van der Waals surface area contributed by atoms with E-state index in [9.17, 15) is 18.0 Å². The quantitative estimate of drug-likeness (QED) is 0.454. The number of likely N-dealkylation sites (tertiary alicyclic amines) is 1. The summed E-state index contributed by atoms with van der Waals surface area (Å²) in [6.07, 6.45) is 3.41. The number of hydrogen-bond donors (Lipinski definition) is 2. The molecular formula is C32H42F3N3O. The van der Waals surface area contributed by atoms with E-state index in [0.29, 0.717) is 37.0 Å². The largest absolute Gasteiger partial charge is 0.416 e. The van der Waals surface area contributed by atoms with Crippen LogP contribution in [0.3, 0.4) is 0 Å². The Morgan fingerprint density at radius 2 is 1.79 bits per heavy atom. The molecule has 5 rings (SSSR count). The first-order valence-corrected chi connectivity index (χ1v) is 14.6. The number of amides is 1. The Morgan fingerprint density at radius 1 is 1.05 bits per heavy atom.